The van der Waals surface area contributed by atoms with E-state index in [9.17, 15) is 76.3 Å². The molecule has 4 rings (SSSR count). The molecule has 4 fully saturated rings. The minimum atomic E-state index is -2.20. The average molecular weight is 708 g/mol. The molecule has 0 aromatic rings. The van der Waals surface area contributed by atoms with Crippen molar-refractivity contribution in [3.63, 3.8) is 0 Å². The van der Waals surface area contributed by atoms with Crippen molar-refractivity contribution in [2.75, 3.05) is 19.8 Å². The predicted octanol–water partition coefficient (Wildman–Crippen LogP) is -10.2. The Bertz CT molecular complexity index is 1040. The van der Waals surface area contributed by atoms with Crippen molar-refractivity contribution in [1.82, 2.24) is 5.32 Å². The highest BCUT2D eigenvalue weighted by molar-refractivity contribution is 5.73. The van der Waals surface area contributed by atoms with Gasteiger partial charge in [-0.05, 0) is 0 Å². The SMILES string of the molecule is CC(=O)N[C@H]1C(OC(C2O[C@H](CO)[C@H](O)[C@H](O)[C@H]2O)[C@H]2O[C@@H](O[C@H]3[C@H](O)[C@@H](O)[C@@H](O)O[C@@H]3CO)[C@H](O)[C@@H](O)[C@H]2O)O[C@H](CO)[C@H](O)[C@@H]1O. The van der Waals surface area contributed by atoms with Crippen LogP contribution < -0.4 is 5.32 Å². The Balaban J connectivity index is 1.73. The zero-order valence-corrected chi connectivity index (χ0v) is 25.4. The third kappa shape index (κ3) is 7.78. The Kier molecular flexibility index (Phi) is 13.4. The largest absolute Gasteiger partial charge is 0.394 e. The lowest BCUT2D eigenvalue weighted by atomic mass is 9.86. The molecule has 3 unspecified atom stereocenters. The number of amides is 1. The van der Waals surface area contributed by atoms with Crippen molar-refractivity contribution in [1.29, 1.82) is 0 Å². The number of hydrogen-bond acceptors (Lipinski definition) is 21. The van der Waals surface area contributed by atoms with E-state index in [1.54, 1.807) is 0 Å². The molecule has 4 aliphatic rings. The van der Waals surface area contributed by atoms with E-state index in [4.69, 9.17) is 28.4 Å². The molecule has 0 spiro atoms. The first-order valence-electron chi connectivity index (χ1n) is 15.1. The molecule has 22 nitrogen and oxygen atoms in total. The third-order valence-electron chi connectivity index (χ3n) is 8.86. The Morgan fingerprint density at radius 1 is 0.583 bits per heavy atom. The van der Waals surface area contributed by atoms with Gasteiger partial charge in [-0.2, -0.15) is 0 Å². The standard InChI is InChI=1S/C26H45NO21/c1-5(31)27-9-12(34)10(32)7(3-29)45-25(9)48-23(21-15(37)13(35)11(33)6(2-28)43-21)22-16(38)14(36)19(41)26(47-22)46-20-8(4-30)44-24(42)18(40)17(20)39/h6-26,28-30,32-42H,2-4H2,1H3,(H,27,31)/t6-,7-,8-,9-,10+,11+,12-,13+,14+,15-,16-,17-,18-,19-,20-,21?,22+,23?,24+,25?,26-/m1/s1. The molecule has 4 saturated heterocycles. The first-order chi connectivity index (χ1) is 22.6. The molecule has 4 aliphatic heterocycles. The summed E-state index contributed by atoms with van der Waals surface area (Å²) >= 11 is 0. The number of nitrogens with one attached hydrogen (secondary N) is 1. The van der Waals surface area contributed by atoms with Crippen LogP contribution in [-0.2, 0) is 33.2 Å². The highest BCUT2D eigenvalue weighted by Crippen LogP contribution is 2.36. The lowest BCUT2D eigenvalue weighted by Gasteiger charge is -2.51. The van der Waals surface area contributed by atoms with Gasteiger partial charge in [0.05, 0.1) is 19.8 Å². The number of carbonyl (C=O) groups excluding carboxylic acids is 1. The van der Waals surface area contributed by atoms with Crippen LogP contribution in [0.2, 0.25) is 0 Å². The molecule has 0 aromatic carbocycles. The van der Waals surface area contributed by atoms with Gasteiger partial charge in [0.25, 0.3) is 0 Å². The molecule has 0 bridgehead atoms. The van der Waals surface area contributed by atoms with E-state index in [-0.39, 0.29) is 0 Å². The van der Waals surface area contributed by atoms with Gasteiger partial charge in [0.1, 0.15) is 110 Å². The smallest absolute Gasteiger partial charge is 0.217 e. The van der Waals surface area contributed by atoms with Crippen LogP contribution in [0.25, 0.3) is 0 Å². The van der Waals surface area contributed by atoms with Crippen LogP contribution in [0.5, 0.6) is 0 Å². The minimum Gasteiger partial charge on any atom is -0.394 e. The molecule has 48 heavy (non-hydrogen) atoms. The highest BCUT2D eigenvalue weighted by atomic mass is 16.7. The topological polar surface area (TPSA) is 368 Å². The zero-order valence-electron chi connectivity index (χ0n) is 25.4. The van der Waals surface area contributed by atoms with Crippen LogP contribution >= 0.6 is 0 Å². The molecule has 0 radical (unpaired) electrons. The predicted molar refractivity (Wildman–Crippen MR) is 146 cm³/mol. The zero-order chi connectivity index (χ0) is 35.8. The van der Waals surface area contributed by atoms with Crippen LogP contribution in [0.3, 0.4) is 0 Å². The summed E-state index contributed by atoms with van der Waals surface area (Å²) in [6.45, 7) is -1.69. The van der Waals surface area contributed by atoms with E-state index in [1.165, 1.54) is 0 Å². The number of carbonyl (C=O) groups is 1. The Morgan fingerprint density at radius 2 is 1.10 bits per heavy atom. The summed E-state index contributed by atoms with van der Waals surface area (Å²) in [6, 6.07) is -1.64. The summed E-state index contributed by atoms with van der Waals surface area (Å²) in [5, 5.41) is 148. The average Bonchev–Trinajstić information content (AvgIpc) is 3.06. The van der Waals surface area contributed by atoms with Crippen molar-refractivity contribution < 1.29 is 105 Å². The van der Waals surface area contributed by atoms with E-state index < -0.39 is 154 Å². The minimum absolute atomic E-state index is 0.768. The maximum atomic E-state index is 12.0. The van der Waals surface area contributed by atoms with E-state index in [1.807, 2.05) is 0 Å². The van der Waals surface area contributed by atoms with Crippen molar-refractivity contribution in [3.8, 4) is 0 Å². The fraction of sp³-hybridized carbons (Fsp3) is 0.962. The molecule has 0 aromatic heterocycles. The maximum absolute atomic E-state index is 12.0. The normalized spacial score (nSPS) is 50.9. The molecule has 0 saturated carbocycles. The summed E-state index contributed by atoms with van der Waals surface area (Å²) in [5.74, 6) is -0.768. The van der Waals surface area contributed by atoms with Crippen LogP contribution in [0.15, 0.2) is 0 Å². The Morgan fingerprint density at radius 3 is 1.67 bits per heavy atom. The van der Waals surface area contributed by atoms with E-state index in [0.29, 0.717) is 0 Å². The lowest BCUT2D eigenvalue weighted by Crippen LogP contribution is -2.71. The summed E-state index contributed by atoms with van der Waals surface area (Å²) in [5.41, 5.74) is 0. The van der Waals surface area contributed by atoms with Crippen LogP contribution in [-0.4, -0.2) is 226 Å². The number of aliphatic hydroxyl groups excluding tert-OH is 14. The van der Waals surface area contributed by atoms with Gasteiger partial charge in [-0.3, -0.25) is 4.79 Å². The van der Waals surface area contributed by atoms with Crippen LogP contribution in [0, 0.1) is 0 Å². The van der Waals surface area contributed by atoms with Crippen LogP contribution in [0.4, 0.5) is 0 Å². The summed E-state index contributed by atoms with van der Waals surface area (Å²) in [6.07, 6.45) is -38.6. The van der Waals surface area contributed by atoms with Gasteiger partial charge < -0.3 is 105 Å². The van der Waals surface area contributed by atoms with Crippen LogP contribution in [0.1, 0.15) is 6.92 Å². The molecule has 15 N–H and O–H groups in total. The van der Waals surface area contributed by atoms with E-state index in [0.717, 1.165) is 6.92 Å². The van der Waals surface area contributed by atoms with Gasteiger partial charge in [-0.1, -0.05) is 0 Å². The quantitative estimate of drug-likeness (QED) is 0.100. The van der Waals surface area contributed by atoms with Crippen molar-refractivity contribution in [2.45, 2.75) is 136 Å². The van der Waals surface area contributed by atoms with Gasteiger partial charge in [-0.25, -0.2) is 0 Å². The summed E-state index contributed by atoms with van der Waals surface area (Å²) < 4.78 is 33.5. The molecule has 0 aliphatic carbocycles. The monoisotopic (exact) mass is 707 g/mol. The molecule has 22 heteroatoms. The second kappa shape index (κ2) is 16.3. The first-order valence-corrected chi connectivity index (χ1v) is 15.1. The van der Waals surface area contributed by atoms with Gasteiger partial charge in [0.2, 0.25) is 5.91 Å². The second-order valence-corrected chi connectivity index (χ2v) is 12.1. The van der Waals surface area contributed by atoms with Crippen molar-refractivity contribution in [3.05, 3.63) is 0 Å². The molecular formula is C26H45NO21. The summed E-state index contributed by atoms with van der Waals surface area (Å²) in [4.78, 5) is 12.0. The van der Waals surface area contributed by atoms with Gasteiger partial charge in [0, 0.05) is 6.92 Å². The first kappa shape index (κ1) is 39.5. The molecular weight excluding hydrogens is 662 g/mol. The fourth-order valence-corrected chi connectivity index (χ4v) is 6.13. The number of hydrogen-bond donors (Lipinski definition) is 15. The number of rotatable bonds is 10. The second-order valence-electron chi connectivity index (χ2n) is 12.1. The maximum Gasteiger partial charge on any atom is 0.217 e. The Labute approximate surface area is 271 Å². The van der Waals surface area contributed by atoms with Crippen molar-refractivity contribution >= 4 is 5.91 Å². The molecule has 4 heterocycles. The van der Waals surface area contributed by atoms with Crippen molar-refractivity contribution in [2.24, 2.45) is 0 Å². The molecule has 1 amide bonds. The summed E-state index contributed by atoms with van der Waals surface area (Å²) in [7, 11) is 0. The van der Waals surface area contributed by atoms with E-state index in [2.05, 4.69) is 5.32 Å². The number of ether oxygens (including phenoxy) is 6. The van der Waals surface area contributed by atoms with Gasteiger partial charge in [-0.15, -0.1) is 0 Å². The lowest BCUT2D eigenvalue weighted by molar-refractivity contribution is -0.378. The van der Waals surface area contributed by atoms with Gasteiger partial charge in [0.15, 0.2) is 18.9 Å². The third-order valence-corrected chi connectivity index (χ3v) is 8.86. The van der Waals surface area contributed by atoms with Gasteiger partial charge >= 0.3 is 0 Å². The fourth-order valence-electron chi connectivity index (χ4n) is 6.13. The molecule has 280 valence electrons. The van der Waals surface area contributed by atoms with E-state index >= 15 is 0 Å². The number of aliphatic hydroxyl groups is 14. The Hall–Kier alpha value is -1.33. The molecule has 21 atom stereocenters. The highest BCUT2D eigenvalue weighted by Gasteiger charge is 2.58.